The highest BCUT2D eigenvalue weighted by molar-refractivity contribution is 7.81. The Bertz CT molecular complexity index is 209. The Hall–Kier alpha value is 1.63. The van der Waals surface area contributed by atoms with E-state index in [2.05, 4.69) is 63.7 Å². The van der Waals surface area contributed by atoms with Gasteiger partial charge in [-0.2, -0.15) is 25.3 Å². The van der Waals surface area contributed by atoms with E-state index in [0.717, 1.165) is 12.2 Å². The highest BCUT2D eigenvalue weighted by Crippen LogP contribution is 2.27. The van der Waals surface area contributed by atoms with Crippen LogP contribution in [0.5, 0.6) is 0 Å². The third-order valence-electron chi connectivity index (χ3n) is 2.73. The van der Waals surface area contributed by atoms with Gasteiger partial charge in [-0.1, -0.05) is 51.3 Å². The predicted octanol–water partition coefficient (Wildman–Crippen LogP) is 2.47. The van der Waals surface area contributed by atoms with Crippen molar-refractivity contribution in [1.29, 1.82) is 0 Å². The maximum absolute atomic E-state index is 4.68. The largest absolute Gasteiger partial charge is 0.223 e. The van der Waals surface area contributed by atoms with E-state index in [9.17, 15) is 0 Å². The van der Waals surface area contributed by atoms with Crippen molar-refractivity contribution in [3.8, 4) is 0 Å². The van der Waals surface area contributed by atoms with Gasteiger partial charge in [0, 0.05) is 5.25 Å². The van der Waals surface area contributed by atoms with Crippen LogP contribution in [0.15, 0.2) is 0 Å². The van der Waals surface area contributed by atoms with Gasteiger partial charge in [-0.05, 0) is 18.6 Å². The van der Waals surface area contributed by atoms with E-state index >= 15 is 0 Å². The lowest BCUT2D eigenvalue weighted by Crippen LogP contribution is -2.55. The molecule has 1 unspecified atom stereocenters. The van der Waals surface area contributed by atoms with Gasteiger partial charge in [0.1, 0.15) is 0 Å². The Balaban J connectivity index is 2.36. The third kappa shape index (κ3) is 5.64. The molecule has 0 aliphatic carbocycles. The lowest BCUT2D eigenvalue weighted by atomic mass is 10.1. The summed E-state index contributed by atoms with van der Waals surface area (Å²) in [6.45, 7) is 1.42. The molecular weight excluding hydrogens is 310 g/mol. The van der Waals surface area contributed by atoms with E-state index in [-0.39, 0.29) is 11.4 Å². The Kier molecular flexibility index (Phi) is 8.57. The Morgan fingerprint density at radius 2 is 1.59 bits per heavy atom. The van der Waals surface area contributed by atoms with Gasteiger partial charge in [-0.3, -0.25) is 0 Å². The summed E-state index contributed by atoms with van der Waals surface area (Å²) in [5.74, 6) is 0.965. The molecule has 0 N–H and O–H groups in total. The molecule has 1 aliphatic heterocycles. The SMILES string of the molecule is SCCCCCC(S)C1N(S)CN(S)CN1S. The molecule has 0 aromatic rings. The average Bonchev–Trinajstić information content (AvgIpc) is 2.23. The molecule has 1 saturated heterocycles. The molecule has 1 heterocycles. The highest BCUT2D eigenvalue weighted by Gasteiger charge is 2.33. The zero-order valence-corrected chi connectivity index (χ0v) is 14.2. The summed E-state index contributed by atoms with van der Waals surface area (Å²) in [5.41, 5.74) is 0. The molecule has 0 bridgehead atoms. The number of unbranched alkanes of at least 4 members (excludes halogenated alkanes) is 2. The highest BCUT2D eigenvalue weighted by atomic mass is 32.1. The van der Waals surface area contributed by atoms with Gasteiger partial charge in [0.2, 0.25) is 0 Å². The van der Waals surface area contributed by atoms with Crippen LogP contribution in [0.25, 0.3) is 0 Å². The molecule has 0 saturated carbocycles. The van der Waals surface area contributed by atoms with Crippen molar-refractivity contribution in [3.63, 3.8) is 0 Å². The normalized spacial score (nSPS) is 23.1. The smallest absolute Gasteiger partial charge is 0.0956 e. The first-order valence-electron chi connectivity index (χ1n) is 5.70. The Labute approximate surface area is 132 Å². The zero-order valence-electron chi connectivity index (χ0n) is 9.68. The molecule has 0 spiro atoms. The Morgan fingerprint density at radius 1 is 1.00 bits per heavy atom. The summed E-state index contributed by atoms with van der Waals surface area (Å²) in [6, 6.07) is 0. The fourth-order valence-corrected chi connectivity index (χ4v) is 4.26. The minimum absolute atomic E-state index is 0.143. The number of rotatable bonds is 6. The van der Waals surface area contributed by atoms with Gasteiger partial charge in [0.15, 0.2) is 0 Å². The van der Waals surface area contributed by atoms with E-state index in [0.29, 0.717) is 13.3 Å². The predicted molar refractivity (Wildman–Crippen MR) is 91.1 cm³/mol. The van der Waals surface area contributed by atoms with Crippen LogP contribution >= 0.6 is 63.7 Å². The standard InChI is InChI=1S/C9H21N3S5/c13-5-3-1-2-4-8(14)9-11(16)6-10(15)7-12(9)17/h8-9,13-17H,1-7H2. The van der Waals surface area contributed by atoms with Crippen LogP contribution in [0.1, 0.15) is 25.7 Å². The number of hydrogen-bond donors (Lipinski definition) is 5. The van der Waals surface area contributed by atoms with E-state index in [4.69, 9.17) is 0 Å². The van der Waals surface area contributed by atoms with Crippen LogP contribution in [-0.2, 0) is 0 Å². The molecular formula is C9H21N3S5. The molecule has 1 atom stereocenters. The van der Waals surface area contributed by atoms with Crippen LogP contribution in [0.4, 0.5) is 0 Å². The Morgan fingerprint density at radius 3 is 2.12 bits per heavy atom. The molecule has 1 rings (SSSR count). The second-order valence-corrected chi connectivity index (χ2v) is 6.93. The minimum atomic E-state index is 0.143. The van der Waals surface area contributed by atoms with Crippen LogP contribution in [0.2, 0.25) is 0 Å². The molecule has 0 aromatic heterocycles. The second kappa shape index (κ2) is 8.73. The molecule has 0 amide bonds. The number of thiol groups is 5. The molecule has 102 valence electrons. The van der Waals surface area contributed by atoms with Gasteiger partial charge < -0.3 is 0 Å². The van der Waals surface area contributed by atoms with E-state index in [1.165, 1.54) is 19.3 Å². The summed E-state index contributed by atoms with van der Waals surface area (Å²) in [4.78, 5) is 0. The average molecular weight is 332 g/mol. The maximum atomic E-state index is 4.68. The van der Waals surface area contributed by atoms with Crippen molar-refractivity contribution >= 4 is 63.7 Å². The first-order valence-corrected chi connectivity index (χ1v) is 8.05. The van der Waals surface area contributed by atoms with Crippen LogP contribution in [0, 0.1) is 0 Å². The quantitative estimate of drug-likeness (QED) is 0.378. The maximum Gasteiger partial charge on any atom is 0.0956 e. The lowest BCUT2D eigenvalue weighted by Gasteiger charge is -2.44. The summed E-state index contributed by atoms with van der Waals surface area (Å²) < 4.78 is 5.72. The fourth-order valence-electron chi connectivity index (χ4n) is 1.89. The first kappa shape index (κ1) is 16.7. The summed E-state index contributed by atoms with van der Waals surface area (Å²) >= 11 is 22.1. The molecule has 0 aromatic carbocycles. The first-order chi connectivity index (χ1) is 8.06. The van der Waals surface area contributed by atoms with E-state index in [1.807, 2.05) is 12.9 Å². The molecule has 8 heteroatoms. The molecule has 17 heavy (non-hydrogen) atoms. The van der Waals surface area contributed by atoms with Crippen LogP contribution in [0.3, 0.4) is 0 Å². The second-order valence-electron chi connectivity index (χ2n) is 4.22. The molecule has 1 aliphatic rings. The fraction of sp³-hybridized carbons (Fsp3) is 1.00. The monoisotopic (exact) mass is 331 g/mol. The van der Waals surface area contributed by atoms with Crippen molar-refractivity contribution in [2.45, 2.75) is 37.1 Å². The summed E-state index contributed by atoms with van der Waals surface area (Å²) in [7, 11) is 0. The van der Waals surface area contributed by atoms with Crippen molar-refractivity contribution in [2.75, 3.05) is 19.1 Å². The van der Waals surface area contributed by atoms with E-state index < -0.39 is 0 Å². The molecule has 1 fully saturated rings. The van der Waals surface area contributed by atoms with Crippen molar-refractivity contribution < 1.29 is 0 Å². The lowest BCUT2D eigenvalue weighted by molar-refractivity contribution is 0.0821. The zero-order chi connectivity index (χ0) is 12.8. The minimum Gasteiger partial charge on any atom is -0.223 e. The third-order valence-corrected chi connectivity index (χ3v) is 4.55. The number of hydrogen-bond acceptors (Lipinski definition) is 8. The van der Waals surface area contributed by atoms with Gasteiger partial charge in [-0.15, -0.1) is 0 Å². The van der Waals surface area contributed by atoms with Crippen LogP contribution in [-0.4, -0.2) is 43.4 Å². The van der Waals surface area contributed by atoms with Crippen molar-refractivity contribution in [1.82, 2.24) is 12.9 Å². The summed E-state index contributed by atoms with van der Waals surface area (Å²) in [5, 5.41) is 0.256. The topological polar surface area (TPSA) is 9.72 Å². The van der Waals surface area contributed by atoms with Crippen molar-refractivity contribution in [3.05, 3.63) is 0 Å². The van der Waals surface area contributed by atoms with E-state index in [1.54, 1.807) is 0 Å². The van der Waals surface area contributed by atoms with Gasteiger partial charge >= 0.3 is 0 Å². The molecule has 3 nitrogen and oxygen atoms in total. The van der Waals surface area contributed by atoms with Gasteiger partial charge in [0.25, 0.3) is 0 Å². The van der Waals surface area contributed by atoms with Crippen molar-refractivity contribution in [2.24, 2.45) is 0 Å². The summed E-state index contributed by atoms with van der Waals surface area (Å²) in [6.07, 6.45) is 4.78. The molecule has 0 radical (unpaired) electrons. The number of nitrogens with zero attached hydrogens (tertiary/aromatic N) is 3. The van der Waals surface area contributed by atoms with Gasteiger partial charge in [-0.25, -0.2) is 12.9 Å². The van der Waals surface area contributed by atoms with Gasteiger partial charge in [0.05, 0.1) is 19.5 Å². The van der Waals surface area contributed by atoms with Crippen LogP contribution < -0.4 is 0 Å².